The van der Waals surface area contributed by atoms with Crippen LogP contribution in [0.15, 0.2) is 0 Å². The molecule has 0 N–H and O–H groups in total. The van der Waals surface area contributed by atoms with E-state index in [1.807, 2.05) is 0 Å². The minimum atomic E-state index is 0.197. The maximum Gasteiger partial charge on any atom is 0.0686 e. The molecule has 0 radical (unpaired) electrons. The van der Waals surface area contributed by atoms with Crippen molar-refractivity contribution >= 4 is 0 Å². The molecule has 0 aromatic carbocycles. The standard InChI is InChI=1S/C12H22O/c1-9(2)12-6-5-10(3)11(4,7-12)13-8-12/h9-10H,5-8H2,1-4H3/t10?,11-,12-/m1/s1. The Morgan fingerprint density at radius 2 is 2.08 bits per heavy atom. The van der Waals surface area contributed by atoms with Crippen LogP contribution >= 0.6 is 0 Å². The molecule has 1 aliphatic carbocycles. The second-order valence-electron chi connectivity index (χ2n) is 5.73. The van der Waals surface area contributed by atoms with E-state index < -0.39 is 0 Å². The van der Waals surface area contributed by atoms with Gasteiger partial charge in [-0.15, -0.1) is 0 Å². The summed E-state index contributed by atoms with van der Waals surface area (Å²) in [7, 11) is 0. The Balaban J connectivity index is 2.23. The maximum absolute atomic E-state index is 6.04. The molecular formula is C12H22O. The van der Waals surface area contributed by atoms with Crippen LogP contribution in [0.3, 0.4) is 0 Å². The number of hydrogen-bond acceptors (Lipinski definition) is 1. The first-order valence-electron chi connectivity index (χ1n) is 5.62. The lowest BCUT2D eigenvalue weighted by atomic mass is 9.62. The average molecular weight is 182 g/mol. The van der Waals surface area contributed by atoms with Gasteiger partial charge in [0.25, 0.3) is 0 Å². The first-order valence-corrected chi connectivity index (χ1v) is 5.62. The number of fused-ring (bicyclic) bond motifs is 2. The molecule has 76 valence electrons. The molecule has 13 heavy (non-hydrogen) atoms. The summed E-state index contributed by atoms with van der Waals surface area (Å²) in [5.41, 5.74) is 0.712. The second-order valence-corrected chi connectivity index (χ2v) is 5.73. The fourth-order valence-corrected chi connectivity index (χ4v) is 3.06. The predicted molar refractivity (Wildman–Crippen MR) is 54.6 cm³/mol. The zero-order valence-electron chi connectivity index (χ0n) is 9.39. The quantitative estimate of drug-likeness (QED) is 0.605. The van der Waals surface area contributed by atoms with Crippen molar-refractivity contribution in [3.63, 3.8) is 0 Å². The molecule has 1 nitrogen and oxygen atoms in total. The van der Waals surface area contributed by atoms with Crippen LogP contribution in [0.2, 0.25) is 0 Å². The summed E-state index contributed by atoms with van der Waals surface area (Å²) in [6.07, 6.45) is 4.02. The molecule has 3 atom stereocenters. The van der Waals surface area contributed by atoms with Crippen molar-refractivity contribution in [2.45, 2.75) is 52.6 Å². The van der Waals surface area contributed by atoms with E-state index in [0.29, 0.717) is 5.41 Å². The molecule has 1 saturated heterocycles. The normalized spacial score (nSPS) is 50.1. The van der Waals surface area contributed by atoms with Crippen molar-refractivity contribution in [2.24, 2.45) is 17.3 Å². The van der Waals surface area contributed by atoms with Gasteiger partial charge in [-0.25, -0.2) is 0 Å². The first kappa shape index (κ1) is 9.51. The molecule has 2 bridgehead atoms. The van der Waals surface area contributed by atoms with Crippen molar-refractivity contribution in [3.8, 4) is 0 Å². The lowest BCUT2D eigenvalue weighted by Crippen LogP contribution is -2.40. The molecule has 0 spiro atoms. The van der Waals surface area contributed by atoms with Crippen LogP contribution in [0.1, 0.15) is 47.0 Å². The Kier molecular flexibility index (Phi) is 1.99. The Bertz CT molecular complexity index is 207. The Morgan fingerprint density at radius 1 is 1.38 bits per heavy atom. The number of rotatable bonds is 1. The van der Waals surface area contributed by atoms with Crippen molar-refractivity contribution < 1.29 is 4.74 Å². The molecule has 0 aromatic rings. The molecule has 2 aliphatic rings. The van der Waals surface area contributed by atoms with Crippen LogP contribution in [-0.2, 0) is 4.74 Å². The van der Waals surface area contributed by atoms with Gasteiger partial charge in [0, 0.05) is 0 Å². The van der Waals surface area contributed by atoms with Gasteiger partial charge in [0.1, 0.15) is 0 Å². The van der Waals surface area contributed by atoms with Gasteiger partial charge in [0.2, 0.25) is 0 Å². The molecular weight excluding hydrogens is 160 g/mol. The lowest BCUT2D eigenvalue weighted by molar-refractivity contribution is -0.0234. The summed E-state index contributed by atoms with van der Waals surface area (Å²) in [5, 5.41) is 0. The average Bonchev–Trinajstić information content (AvgIpc) is 2.36. The molecule has 0 aromatic heterocycles. The molecule has 1 aliphatic heterocycles. The van der Waals surface area contributed by atoms with Crippen LogP contribution in [-0.4, -0.2) is 12.2 Å². The highest BCUT2D eigenvalue weighted by molar-refractivity contribution is 5.03. The molecule has 1 unspecified atom stereocenters. The minimum absolute atomic E-state index is 0.197. The summed E-state index contributed by atoms with van der Waals surface area (Å²) < 4.78 is 6.04. The van der Waals surface area contributed by atoms with Crippen molar-refractivity contribution in [2.75, 3.05) is 6.61 Å². The monoisotopic (exact) mass is 182 g/mol. The maximum atomic E-state index is 6.04. The third-order valence-electron chi connectivity index (χ3n) is 4.73. The Labute approximate surface area is 81.9 Å². The van der Waals surface area contributed by atoms with Gasteiger partial charge in [-0.2, -0.15) is 0 Å². The first-order chi connectivity index (χ1) is 5.99. The van der Waals surface area contributed by atoms with E-state index in [-0.39, 0.29) is 5.60 Å². The Morgan fingerprint density at radius 3 is 2.69 bits per heavy atom. The van der Waals surface area contributed by atoms with E-state index in [0.717, 1.165) is 18.4 Å². The molecule has 2 rings (SSSR count). The molecule has 1 saturated carbocycles. The van der Waals surface area contributed by atoms with Gasteiger partial charge in [-0.1, -0.05) is 20.8 Å². The van der Waals surface area contributed by atoms with E-state index in [4.69, 9.17) is 4.74 Å². The van der Waals surface area contributed by atoms with E-state index in [1.165, 1.54) is 19.3 Å². The summed E-state index contributed by atoms with van der Waals surface area (Å²) in [6.45, 7) is 10.4. The summed E-state index contributed by atoms with van der Waals surface area (Å²) >= 11 is 0. The van der Waals surface area contributed by atoms with Gasteiger partial charge in [-0.3, -0.25) is 0 Å². The van der Waals surface area contributed by atoms with Crippen molar-refractivity contribution in [1.82, 2.24) is 0 Å². The molecule has 1 heteroatoms. The van der Waals surface area contributed by atoms with E-state index in [1.54, 1.807) is 0 Å². The predicted octanol–water partition coefficient (Wildman–Crippen LogP) is 3.24. The van der Waals surface area contributed by atoms with Gasteiger partial charge in [0.05, 0.1) is 12.2 Å². The zero-order chi connectivity index (χ0) is 9.69. The fourth-order valence-electron chi connectivity index (χ4n) is 3.06. The van der Waals surface area contributed by atoms with E-state index >= 15 is 0 Å². The van der Waals surface area contributed by atoms with Gasteiger partial charge >= 0.3 is 0 Å². The molecule has 2 fully saturated rings. The van der Waals surface area contributed by atoms with Gasteiger partial charge in [-0.05, 0) is 43.4 Å². The van der Waals surface area contributed by atoms with Crippen LogP contribution < -0.4 is 0 Å². The summed E-state index contributed by atoms with van der Waals surface area (Å²) in [4.78, 5) is 0. The van der Waals surface area contributed by atoms with Gasteiger partial charge in [0.15, 0.2) is 0 Å². The highest BCUT2D eigenvalue weighted by Gasteiger charge is 2.54. The number of ether oxygens (including phenoxy) is 1. The van der Waals surface area contributed by atoms with E-state index in [9.17, 15) is 0 Å². The van der Waals surface area contributed by atoms with Crippen LogP contribution in [0.5, 0.6) is 0 Å². The molecule has 0 amide bonds. The fraction of sp³-hybridized carbons (Fsp3) is 1.00. The largest absolute Gasteiger partial charge is 0.374 e. The van der Waals surface area contributed by atoms with Crippen molar-refractivity contribution in [1.29, 1.82) is 0 Å². The molecule has 1 heterocycles. The zero-order valence-corrected chi connectivity index (χ0v) is 9.39. The minimum Gasteiger partial charge on any atom is -0.374 e. The second kappa shape index (κ2) is 2.73. The third-order valence-corrected chi connectivity index (χ3v) is 4.73. The number of hydrogen-bond donors (Lipinski definition) is 0. The topological polar surface area (TPSA) is 9.23 Å². The third kappa shape index (κ3) is 1.24. The smallest absolute Gasteiger partial charge is 0.0686 e. The van der Waals surface area contributed by atoms with E-state index in [2.05, 4.69) is 27.7 Å². The summed E-state index contributed by atoms with van der Waals surface area (Å²) in [6, 6.07) is 0. The van der Waals surface area contributed by atoms with Crippen LogP contribution in [0.4, 0.5) is 0 Å². The highest BCUT2D eigenvalue weighted by atomic mass is 16.5. The van der Waals surface area contributed by atoms with Crippen molar-refractivity contribution in [3.05, 3.63) is 0 Å². The Hall–Kier alpha value is -0.0400. The summed E-state index contributed by atoms with van der Waals surface area (Å²) in [5.74, 6) is 1.53. The lowest BCUT2D eigenvalue weighted by Gasteiger charge is -2.41. The van der Waals surface area contributed by atoms with Crippen LogP contribution in [0, 0.1) is 17.3 Å². The van der Waals surface area contributed by atoms with Gasteiger partial charge < -0.3 is 4.74 Å². The van der Waals surface area contributed by atoms with Crippen LogP contribution in [0.25, 0.3) is 0 Å². The highest BCUT2D eigenvalue weighted by Crippen LogP contribution is 2.55. The SMILES string of the molecule is CC(C)[C@]12CCC(C)[C@@](C)(C1)OC2.